The molecule has 0 saturated heterocycles. The van der Waals surface area contributed by atoms with Crippen molar-refractivity contribution in [3.05, 3.63) is 29.8 Å². The molecule has 0 aliphatic heterocycles. The monoisotopic (exact) mass is 263 g/mol. The fourth-order valence-corrected chi connectivity index (χ4v) is 1.97. The van der Waals surface area contributed by atoms with Gasteiger partial charge in [-0.3, -0.25) is 4.79 Å². The maximum atomic E-state index is 11.9. The van der Waals surface area contributed by atoms with Gasteiger partial charge in [0.2, 0.25) is 0 Å². The van der Waals surface area contributed by atoms with E-state index in [-0.39, 0.29) is 6.54 Å². The molecular weight excluding hydrogens is 251 g/mol. The van der Waals surface area contributed by atoms with Crippen LogP contribution in [-0.2, 0) is 11.2 Å². The predicted octanol–water partition coefficient (Wildman–Crippen LogP) is 2.63. The molecule has 0 radical (unpaired) electrons. The van der Waals surface area contributed by atoms with Crippen molar-refractivity contribution in [1.82, 2.24) is 5.32 Å². The van der Waals surface area contributed by atoms with Gasteiger partial charge in [-0.2, -0.15) is 13.2 Å². The standard InChI is InChI=1S/C11H12F3NOS/c1-17-9-5-3-2-4-8(9)6-7-15-10(16)11(12,13)14/h2-5H,6-7H2,1H3,(H,15,16). The average molecular weight is 263 g/mol. The molecule has 0 spiro atoms. The van der Waals surface area contributed by atoms with Crippen LogP contribution in [0, 0.1) is 0 Å². The highest BCUT2D eigenvalue weighted by Crippen LogP contribution is 2.20. The number of carbonyl (C=O) groups excluding carboxylic acids is 1. The number of benzene rings is 1. The number of carbonyl (C=O) groups is 1. The van der Waals surface area contributed by atoms with Crippen LogP contribution in [0.5, 0.6) is 0 Å². The Morgan fingerprint density at radius 1 is 1.35 bits per heavy atom. The number of alkyl halides is 3. The molecule has 6 heteroatoms. The van der Waals surface area contributed by atoms with Crippen LogP contribution in [0.1, 0.15) is 5.56 Å². The van der Waals surface area contributed by atoms with E-state index in [1.54, 1.807) is 0 Å². The molecule has 0 fully saturated rings. The number of thioether (sulfide) groups is 1. The van der Waals surface area contributed by atoms with Gasteiger partial charge < -0.3 is 5.32 Å². The Morgan fingerprint density at radius 2 is 2.00 bits per heavy atom. The molecule has 0 saturated carbocycles. The third-order valence-electron chi connectivity index (χ3n) is 2.13. The van der Waals surface area contributed by atoms with E-state index in [0.717, 1.165) is 10.5 Å². The van der Waals surface area contributed by atoms with E-state index in [1.807, 2.05) is 35.8 Å². The number of rotatable bonds is 4. The van der Waals surface area contributed by atoms with Crippen molar-refractivity contribution in [2.75, 3.05) is 12.8 Å². The van der Waals surface area contributed by atoms with Crippen LogP contribution < -0.4 is 5.32 Å². The van der Waals surface area contributed by atoms with E-state index in [1.165, 1.54) is 11.8 Å². The molecule has 1 aromatic carbocycles. The van der Waals surface area contributed by atoms with Crippen LogP contribution in [0.4, 0.5) is 13.2 Å². The van der Waals surface area contributed by atoms with Crippen molar-refractivity contribution >= 4 is 17.7 Å². The van der Waals surface area contributed by atoms with E-state index in [9.17, 15) is 18.0 Å². The number of hydrogen-bond acceptors (Lipinski definition) is 2. The minimum absolute atomic E-state index is 0.0179. The summed E-state index contributed by atoms with van der Waals surface area (Å²) in [5.41, 5.74) is 0.933. The Hall–Kier alpha value is -1.17. The molecule has 0 atom stereocenters. The molecule has 0 aliphatic carbocycles. The first-order valence-corrected chi connectivity index (χ1v) is 6.14. The summed E-state index contributed by atoms with van der Waals surface area (Å²) >= 11 is 1.52. The summed E-state index contributed by atoms with van der Waals surface area (Å²) in [5, 5.41) is 1.85. The zero-order chi connectivity index (χ0) is 12.9. The zero-order valence-corrected chi connectivity index (χ0v) is 9.99. The van der Waals surface area contributed by atoms with Crippen molar-refractivity contribution in [2.24, 2.45) is 0 Å². The molecule has 1 aromatic rings. The Kier molecular flexibility index (Phi) is 4.86. The number of halogens is 3. The fourth-order valence-electron chi connectivity index (χ4n) is 1.32. The average Bonchev–Trinajstić information content (AvgIpc) is 2.28. The van der Waals surface area contributed by atoms with Crippen molar-refractivity contribution < 1.29 is 18.0 Å². The Morgan fingerprint density at radius 3 is 2.59 bits per heavy atom. The van der Waals surface area contributed by atoms with Crippen LogP contribution in [0.25, 0.3) is 0 Å². The van der Waals surface area contributed by atoms with Crippen LogP contribution in [0.15, 0.2) is 29.2 Å². The molecule has 1 rings (SSSR count). The minimum atomic E-state index is -4.81. The molecule has 0 unspecified atom stereocenters. The maximum absolute atomic E-state index is 11.9. The van der Waals surface area contributed by atoms with Gasteiger partial charge in [0.05, 0.1) is 0 Å². The van der Waals surface area contributed by atoms with Gasteiger partial charge in [-0.15, -0.1) is 11.8 Å². The number of hydrogen-bond donors (Lipinski definition) is 1. The first kappa shape index (κ1) is 13.9. The van der Waals surface area contributed by atoms with Crippen LogP contribution >= 0.6 is 11.8 Å². The van der Waals surface area contributed by atoms with Crippen molar-refractivity contribution in [3.63, 3.8) is 0 Å². The summed E-state index contributed by atoms with van der Waals surface area (Å²) < 4.78 is 35.7. The van der Waals surface area contributed by atoms with Gasteiger partial charge in [0.25, 0.3) is 0 Å². The molecule has 17 heavy (non-hydrogen) atoms. The fraction of sp³-hybridized carbons (Fsp3) is 0.364. The number of nitrogens with one attached hydrogen (secondary N) is 1. The van der Waals surface area contributed by atoms with Crippen molar-refractivity contribution in [3.8, 4) is 0 Å². The van der Waals surface area contributed by atoms with Crippen molar-refractivity contribution in [1.29, 1.82) is 0 Å². The highest BCUT2D eigenvalue weighted by atomic mass is 32.2. The largest absolute Gasteiger partial charge is 0.471 e. The second kappa shape index (κ2) is 5.95. The van der Waals surface area contributed by atoms with Crippen LogP contribution in [-0.4, -0.2) is 24.9 Å². The first-order valence-electron chi connectivity index (χ1n) is 4.92. The predicted molar refractivity (Wildman–Crippen MR) is 61.0 cm³/mol. The normalized spacial score (nSPS) is 11.3. The number of amides is 1. The van der Waals surface area contributed by atoms with E-state index in [0.29, 0.717) is 6.42 Å². The highest BCUT2D eigenvalue weighted by Gasteiger charge is 2.38. The molecule has 0 heterocycles. The highest BCUT2D eigenvalue weighted by molar-refractivity contribution is 7.98. The molecule has 94 valence electrons. The smallest absolute Gasteiger partial charge is 0.348 e. The Labute approximate surface area is 102 Å². The van der Waals surface area contributed by atoms with E-state index in [4.69, 9.17) is 0 Å². The quantitative estimate of drug-likeness (QED) is 0.846. The lowest BCUT2D eigenvalue weighted by Gasteiger charge is -2.09. The molecule has 0 aliphatic rings. The summed E-state index contributed by atoms with van der Waals surface area (Å²) in [6, 6.07) is 7.42. The topological polar surface area (TPSA) is 29.1 Å². The van der Waals surface area contributed by atoms with Gasteiger partial charge in [-0.1, -0.05) is 18.2 Å². The molecule has 1 N–H and O–H groups in total. The van der Waals surface area contributed by atoms with E-state index >= 15 is 0 Å². The summed E-state index contributed by atoms with van der Waals surface area (Å²) in [4.78, 5) is 11.6. The molecule has 2 nitrogen and oxygen atoms in total. The Balaban J connectivity index is 2.49. The van der Waals surface area contributed by atoms with Gasteiger partial charge in [-0.25, -0.2) is 0 Å². The Bertz CT molecular complexity index is 393. The summed E-state index contributed by atoms with van der Waals surface area (Å²) in [5.74, 6) is -1.89. The van der Waals surface area contributed by atoms with Crippen molar-refractivity contribution in [2.45, 2.75) is 17.5 Å². The molecule has 0 bridgehead atoms. The lowest BCUT2D eigenvalue weighted by atomic mass is 10.1. The van der Waals surface area contributed by atoms with E-state index in [2.05, 4.69) is 0 Å². The second-order valence-corrected chi connectivity index (χ2v) is 4.16. The van der Waals surface area contributed by atoms with E-state index < -0.39 is 12.1 Å². The molecule has 0 aromatic heterocycles. The summed E-state index contributed by atoms with van der Waals surface area (Å²) in [7, 11) is 0. The lowest BCUT2D eigenvalue weighted by molar-refractivity contribution is -0.173. The third-order valence-corrected chi connectivity index (χ3v) is 2.97. The summed E-state index contributed by atoms with van der Waals surface area (Å²) in [6.07, 6.45) is -2.52. The summed E-state index contributed by atoms with van der Waals surface area (Å²) in [6.45, 7) is -0.0179. The minimum Gasteiger partial charge on any atom is -0.348 e. The van der Waals surface area contributed by atoms with Gasteiger partial charge in [-0.05, 0) is 24.3 Å². The second-order valence-electron chi connectivity index (χ2n) is 3.32. The van der Waals surface area contributed by atoms with Gasteiger partial charge in [0, 0.05) is 11.4 Å². The van der Waals surface area contributed by atoms with Gasteiger partial charge >= 0.3 is 12.1 Å². The first-order chi connectivity index (χ1) is 7.95. The van der Waals surface area contributed by atoms with Gasteiger partial charge in [0.1, 0.15) is 0 Å². The zero-order valence-electron chi connectivity index (χ0n) is 9.17. The van der Waals surface area contributed by atoms with Crippen LogP contribution in [0.3, 0.4) is 0 Å². The maximum Gasteiger partial charge on any atom is 0.471 e. The molecule has 1 amide bonds. The third kappa shape index (κ3) is 4.30. The van der Waals surface area contributed by atoms with Crippen LogP contribution in [0.2, 0.25) is 0 Å². The molecular formula is C11H12F3NOS. The SMILES string of the molecule is CSc1ccccc1CCNC(=O)C(F)(F)F. The lowest BCUT2D eigenvalue weighted by Crippen LogP contribution is -2.37. The van der Waals surface area contributed by atoms with Gasteiger partial charge in [0.15, 0.2) is 0 Å².